The maximum atomic E-state index is 12.7. The smallest absolute Gasteiger partial charge is 0.244 e. The molecule has 2 aliphatic heterocycles. The van der Waals surface area contributed by atoms with Gasteiger partial charge in [0.15, 0.2) is 0 Å². The molecule has 0 spiro atoms. The fraction of sp³-hybridized carbons (Fsp3) is 0.857. The van der Waals surface area contributed by atoms with Gasteiger partial charge in [0, 0.05) is 58.8 Å². The van der Waals surface area contributed by atoms with Gasteiger partial charge >= 0.3 is 0 Å². The summed E-state index contributed by atoms with van der Waals surface area (Å²) in [6.45, 7) is 14.8. The topological polar surface area (TPSA) is 102 Å². The standard InChI is InChI=1S/C21H40N6O3/c1-15(2)14-27(19-6-8-24(9-7-19)18(5)28)26-12-10-25(11-13-26)21(30)17(4)23-20(29)16(3)22/h15-17,19H,6-14,22H2,1-5H3,(H,23,29)/t16?,17-/m1/s1. The Morgan fingerprint density at radius 3 is 2.00 bits per heavy atom. The molecule has 2 aliphatic rings. The highest BCUT2D eigenvalue weighted by Gasteiger charge is 2.33. The Balaban J connectivity index is 1.92. The van der Waals surface area contributed by atoms with E-state index in [0.29, 0.717) is 25.0 Å². The number of carbonyl (C=O) groups is 3. The van der Waals surface area contributed by atoms with Crippen molar-refractivity contribution < 1.29 is 14.4 Å². The molecule has 2 fully saturated rings. The van der Waals surface area contributed by atoms with Crippen LogP contribution in [0, 0.1) is 5.92 Å². The average Bonchev–Trinajstić information content (AvgIpc) is 2.71. The number of nitrogens with two attached hydrogens (primary N) is 1. The van der Waals surface area contributed by atoms with Crippen LogP contribution in [0.1, 0.15) is 47.5 Å². The molecule has 0 aromatic rings. The summed E-state index contributed by atoms with van der Waals surface area (Å²) in [5, 5.41) is 7.55. The zero-order valence-corrected chi connectivity index (χ0v) is 19.3. The van der Waals surface area contributed by atoms with Crippen LogP contribution in [0.4, 0.5) is 0 Å². The number of hydrazine groups is 1. The Hall–Kier alpha value is -1.71. The summed E-state index contributed by atoms with van der Waals surface area (Å²) < 4.78 is 0. The van der Waals surface area contributed by atoms with Gasteiger partial charge in [0.05, 0.1) is 6.04 Å². The maximum absolute atomic E-state index is 12.7. The second kappa shape index (κ2) is 11.1. The summed E-state index contributed by atoms with van der Waals surface area (Å²) in [4.78, 5) is 39.9. The van der Waals surface area contributed by atoms with Crippen LogP contribution in [0.3, 0.4) is 0 Å². The minimum atomic E-state index is -0.629. The molecular weight excluding hydrogens is 384 g/mol. The van der Waals surface area contributed by atoms with E-state index in [1.54, 1.807) is 20.8 Å². The molecule has 0 radical (unpaired) electrons. The number of nitrogens with zero attached hydrogens (tertiary/aromatic N) is 4. The van der Waals surface area contributed by atoms with E-state index in [0.717, 1.165) is 45.6 Å². The molecule has 0 bridgehead atoms. The Morgan fingerprint density at radius 2 is 1.53 bits per heavy atom. The number of piperidine rings is 1. The van der Waals surface area contributed by atoms with Crippen molar-refractivity contribution in [1.29, 1.82) is 0 Å². The molecule has 30 heavy (non-hydrogen) atoms. The van der Waals surface area contributed by atoms with E-state index >= 15 is 0 Å². The number of nitrogens with one attached hydrogen (secondary N) is 1. The van der Waals surface area contributed by atoms with Crippen LogP contribution in [0.5, 0.6) is 0 Å². The molecule has 9 nitrogen and oxygen atoms in total. The van der Waals surface area contributed by atoms with Gasteiger partial charge in [0.2, 0.25) is 17.7 Å². The largest absolute Gasteiger partial charge is 0.343 e. The lowest BCUT2D eigenvalue weighted by atomic mass is 10.0. The van der Waals surface area contributed by atoms with Crippen molar-refractivity contribution in [2.75, 3.05) is 45.8 Å². The monoisotopic (exact) mass is 424 g/mol. The second-order valence-corrected chi connectivity index (χ2v) is 9.05. The normalized spacial score (nSPS) is 21.1. The molecule has 0 aromatic carbocycles. The van der Waals surface area contributed by atoms with Crippen LogP contribution in [0.25, 0.3) is 0 Å². The van der Waals surface area contributed by atoms with Gasteiger partial charge in [-0.15, -0.1) is 0 Å². The predicted molar refractivity (Wildman–Crippen MR) is 116 cm³/mol. The van der Waals surface area contributed by atoms with Crippen LogP contribution in [0.2, 0.25) is 0 Å². The number of likely N-dealkylation sites (tertiary alicyclic amines) is 1. The Morgan fingerprint density at radius 1 is 0.967 bits per heavy atom. The minimum absolute atomic E-state index is 0.0613. The lowest BCUT2D eigenvalue weighted by Crippen LogP contribution is -2.61. The maximum Gasteiger partial charge on any atom is 0.244 e. The molecule has 1 unspecified atom stereocenters. The fourth-order valence-electron chi connectivity index (χ4n) is 4.20. The third-order valence-electron chi connectivity index (χ3n) is 5.96. The number of hydrogen-bond donors (Lipinski definition) is 2. The van der Waals surface area contributed by atoms with E-state index < -0.39 is 12.1 Å². The summed E-state index contributed by atoms with van der Waals surface area (Å²) >= 11 is 0. The predicted octanol–water partition coefficient (Wildman–Crippen LogP) is -0.134. The van der Waals surface area contributed by atoms with Gasteiger partial charge < -0.3 is 20.9 Å². The first-order chi connectivity index (χ1) is 14.1. The molecule has 2 saturated heterocycles. The highest BCUT2D eigenvalue weighted by atomic mass is 16.2. The van der Waals surface area contributed by atoms with Gasteiger partial charge in [-0.25, -0.2) is 10.0 Å². The van der Waals surface area contributed by atoms with Crippen molar-refractivity contribution in [2.45, 2.75) is 65.6 Å². The summed E-state index contributed by atoms with van der Waals surface area (Å²) in [6, 6.07) is -0.775. The van der Waals surface area contributed by atoms with Crippen LogP contribution in [-0.4, -0.2) is 101 Å². The molecule has 0 saturated carbocycles. The average molecular weight is 425 g/mol. The van der Waals surface area contributed by atoms with Crippen molar-refractivity contribution in [1.82, 2.24) is 25.1 Å². The van der Waals surface area contributed by atoms with E-state index in [1.807, 2.05) is 9.80 Å². The molecule has 2 heterocycles. The molecule has 172 valence electrons. The fourth-order valence-corrected chi connectivity index (χ4v) is 4.20. The van der Waals surface area contributed by atoms with E-state index in [4.69, 9.17) is 5.73 Å². The Kier molecular flexibility index (Phi) is 9.06. The van der Waals surface area contributed by atoms with E-state index in [9.17, 15) is 14.4 Å². The highest BCUT2D eigenvalue weighted by molar-refractivity contribution is 5.89. The first-order valence-electron chi connectivity index (χ1n) is 11.2. The molecule has 3 N–H and O–H groups in total. The number of hydrogen-bond acceptors (Lipinski definition) is 6. The molecule has 2 rings (SSSR count). The van der Waals surface area contributed by atoms with E-state index in [2.05, 4.69) is 29.2 Å². The second-order valence-electron chi connectivity index (χ2n) is 9.05. The zero-order chi connectivity index (χ0) is 22.4. The van der Waals surface area contributed by atoms with Gasteiger partial charge in [0.25, 0.3) is 0 Å². The molecular formula is C21H40N6O3. The lowest BCUT2D eigenvalue weighted by molar-refractivity contribution is -0.145. The number of carbonyl (C=O) groups excluding carboxylic acids is 3. The van der Waals surface area contributed by atoms with Gasteiger partial charge in [-0.3, -0.25) is 14.4 Å². The first kappa shape index (κ1) is 24.6. The number of piperazine rings is 1. The van der Waals surface area contributed by atoms with Crippen molar-refractivity contribution in [2.24, 2.45) is 11.7 Å². The van der Waals surface area contributed by atoms with Crippen LogP contribution < -0.4 is 11.1 Å². The van der Waals surface area contributed by atoms with Gasteiger partial charge in [-0.1, -0.05) is 13.8 Å². The van der Waals surface area contributed by atoms with Crippen molar-refractivity contribution >= 4 is 17.7 Å². The van der Waals surface area contributed by atoms with Crippen LogP contribution in [0.15, 0.2) is 0 Å². The number of amides is 3. The number of rotatable bonds is 7. The van der Waals surface area contributed by atoms with Crippen LogP contribution in [-0.2, 0) is 14.4 Å². The van der Waals surface area contributed by atoms with Gasteiger partial charge in [-0.2, -0.15) is 0 Å². The van der Waals surface area contributed by atoms with Crippen LogP contribution >= 0.6 is 0 Å². The van der Waals surface area contributed by atoms with Crippen molar-refractivity contribution in [3.63, 3.8) is 0 Å². The summed E-state index contributed by atoms with van der Waals surface area (Å²) in [5.41, 5.74) is 5.58. The third-order valence-corrected chi connectivity index (χ3v) is 5.96. The molecule has 3 amide bonds. The molecule has 0 aromatic heterocycles. The molecule has 9 heteroatoms. The van der Waals surface area contributed by atoms with Gasteiger partial charge in [0.1, 0.15) is 6.04 Å². The van der Waals surface area contributed by atoms with E-state index in [-0.39, 0.29) is 17.7 Å². The molecule has 0 aliphatic carbocycles. The first-order valence-corrected chi connectivity index (χ1v) is 11.2. The quantitative estimate of drug-likeness (QED) is 0.590. The highest BCUT2D eigenvalue weighted by Crippen LogP contribution is 2.21. The van der Waals surface area contributed by atoms with Gasteiger partial charge in [-0.05, 0) is 32.6 Å². The van der Waals surface area contributed by atoms with Crippen molar-refractivity contribution in [3.05, 3.63) is 0 Å². The molecule has 2 atom stereocenters. The minimum Gasteiger partial charge on any atom is -0.343 e. The van der Waals surface area contributed by atoms with E-state index in [1.165, 1.54) is 0 Å². The SMILES string of the molecule is CC(=O)N1CCC(N(CC(C)C)N2CCN(C(=O)[C@@H](C)NC(=O)C(C)N)CC2)CC1. The Labute approximate surface area is 180 Å². The van der Waals surface area contributed by atoms with Crippen molar-refractivity contribution in [3.8, 4) is 0 Å². The Bertz CT molecular complexity index is 596. The summed E-state index contributed by atoms with van der Waals surface area (Å²) in [5.74, 6) is 0.313. The summed E-state index contributed by atoms with van der Waals surface area (Å²) in [7, 11) is 0. The zero-order valence-electron chi connectivity index (χ0n) is 19.3. The summed E-state index contributed by atoms with van der Waals surface area (Å²) in [6.07, 6.45) is 1.96. The third kappa shape index (κ3) is 6.65. The lowest BCUT2D eigenvalue weighted by Gasteiger charge is -2.47.